The number of rotatable bonds is 7. The second-order valence-corrected chi connectivity index (χ2v) is 10.2. The molecular formula is C24H31N5O4S. The fourth-order valence-corrected chi connectivity index (χ4v) is 4.69. The second-order valence-electron chi connectivity index (χ2n) is 9.66. The average molecular weight is 486 g/mol. The van der Waals surface area contributed by atoms with Gasteiger partial charge in [0.15, 0.2) is 17.4 Å². The van der Waals surface area contributed by atoms with Gasteiger partial charge in [-0.2, -0.15) is 8.75 Å². The number of aromatic nitrogens is 2. The number of carbonyl (C=O) groups is 1. The molecule has 0 unspecified atom stereocenters. The van der Waals surface area contributed by atoms with Crippen molar-refractivity contribution in [2.75, 3.05) is 23.8 Å². The third kappa shape index (κ3) is 4.88. The first-order chi connectivity index (χ1) is 16.2. The number of carbonyl (C=O) groups excluding carboxylic acids is 1. The third-order valence-corrected chi connectivity index (χ3v) is 6.58. The number of aryl methyl sites for hydroxylation is 1. The molecule has 2 aromatic heterocycles. The van der Waals surface area contributed by atoms with Gasteiger partial charge < -0.3 is 30.2 Å². The Kier molecular flexibility index (Phi) is 6.81. The van der Waals surface area contributed by atoms with Gasteiger partial charge in [-0.15, -0.1) is 0 Å². The molecule has 0 bridgehead atoms. The van der Waals surface area contributed by atoms with Gasteiger partial charge in [0.1, 0.15) is 11.5 Å². The van der Waals surface area contributed by atoms with Crippen LogP contribution in [-0.2, 0) is 0 Å². The Morgan fingerprint density at radius 3 is 2.71 bits per heavy atom. The van der Waals surface area contributed by atoms with Crippen LogP contribution in [0.25, 0.3) is 0 Å². The molecule has 4 rings (SSSR count). The highest BCUT2D eigenvalue weighted by molar-refractivity contribution is 6.99. The Hall–Kier alpha value is -3.11. The van der Waals surface area contributed by atoms with Crippen LogP contribution in [0.4, 0.5) is 17.3 Å². The Morgan fingerprint density at radius 2 is 2.03 bits per heavy atom. The molecule has 0 aliphatic carbocycles. The van der Waals surface area contributed by atoms with Crippen LogP contribution in [0.3, 0.4) is 0 Å². The Balaban J connectivity index is 1.58. The predicted octanol–water partition coefficient (Wildman–Crippen LogP) is 4.68. The number of hydrogen-bond donors (Lipinski definition) is 4. The molecule has 2 atom stereocenters. The second kappa shape index (κ2) is 9.63. The van der Waals surface area contributed by atoms with Crippen molar-refractivity contribution < 1.29 is 19.4 Å². The molecule has 9 nitrogen and oxygen atoms in total. The number of furan rings is 1. The highest BCUT2D eigenvalue weighted by Crippen LogP contribution is 2.39. The minimum Gasteiger partial charge on any atom is -0.505 e. The topological polar surface area (TPSA) is 124 Å². The van der Waals surface area contributed by atoms with Gasteiger partial charge in [-0.1, -0.05) is 26.8 Å². The van der Waals surface area contributed by atoms with Gasteiger partial charge in [-0.05, 0) is 49.4 Å². The van der Waals surface area contributed by atoms with Crippen LogP contribution in [0.5, 0.6) is 5.75 Å². The number of phenolic OH excluding ortho intramolecular Hbond substituents is 1. The van der Waals surface area contributed by atoms with E-state index in [0.29, 0.717) is 23.9 Å². The summed E-state index contributed by atoms with van der Waals surface area (Å²) < 4.78 is 14.6. The van der Waals surface area contributed by atoms with Crippen molar-refractivity contribution in [3.8, 4) is 5.75 Å². The number of likely N-dealkylation sites (tertiary alicyclic amines) is 1. The van der Waals surface area contributed by atoms with Crippen molar-refractivity contribution in [3.05, 3.63) is 47.4 Å². The lowest BCUT2D eigenvalue weighted by Gasteiger charge is -2.30. The number of aliphatic hydroxyl groups is 1. The van der Waals surface area contributed by atoms with Gasteiger partial charge in [0.05, 0.1) is 41.7 Å². The fraction of sp³-hybridized carbons (Fsp3) is 0.458. The number of benzene rings is 1. The van der Waals surface area contributed by atoms with Gasteiger partial charge in [0.25, 0.3) is 5.91 Å². The van der Waals surface area contributed by atoms with Crippen LogP contribution in [0.15, 0.2) is 34.7 Å². The van der Waals surface area contributed by atoms with E-state index in [1.165, 1.54) is 0 Å². The first-order valence-corrected chi connectivity index (χ1v) is 12.1. The lowest BCUT2D eigenvalue weighted by Crippen LogP contribution is -2.37. The quantitative estimate of drug-likeness (QED) is 0.356. The Morgan fingerprint density at radius 1 is 1.26 bits per heavy atom. The van der Waals surface area contributed by atoms with Gasteiger partial charge in [-0.3, -0.25) is 4.79 Å². The molecule has 182 valence electrons. The monoisotopic (exact) mass is 485 g/mol. The number of hydrogen-bond acceptors (Lipinski definition) is 9. The van der Waals surface area contributed by atoms with Crippen LogP contribution in [-0.4, -0.2) is 49.0 Å². The maximum absolute atomic E-state index is 13.1. The predicted molar refractivity (Wildman–Crippen MR) is 132 cm³/mol. The van der Waals surface area contributed by atoms with E-state index in [4.69, 9.17) is 4.42 Å². The SMILES string of the molecule is Cc1ccc([C@H](Nc2nsnc2Nc2cccc(C(=O)N3CCC[C@H]3CO)c2O)C(C)(C)C)o1. The molecule has 34 heavy (non-hydrogen) atoms. The molecule has 0 saturated carbocycles. The number of aliphatic hydroxyl groups excluding tert-OH is 1. The summed E-state index contributed by atoms with van der Waals surface area (Å²) in [4.78, 5) is 14.7. The number of nitrogens with one attached hydrogen (secondary N) is 2. The zero-order valence-corrected chi connectivity index (χ0v) is 20.6. The number of amides is 1. The van der Waals surface area contributed by atoms with Gasteiger partial charge in [0.2, 0.25) is 0 Å². The lowest BCUT2D eigenvalue weighted by molar-refractivity contribution is 0.0674. The summed E-state index contributed by atoms with van der Waals surface area (Å²) in [6.45, 7) is 8.69. The number of aromatic hydroxyl groups is 1. The fourth-order valence-electron chi connectivity index (χ4n) is 4.22. The molecule has 4 N–H and O–H groups in total. The normalized spacial score (nSPS) is 17.1. The molecule has 0 radical (unpaired) electrons. The van der Waals surface area contributed by atoms with E-state index in [1.807, 2.05) is 19.1 Å². The van der Waals surface area contributed by atoms with Gasteiger partial charge in [0, 0.05) is 6.54 Å². The molecule has 1 aromatic carbocycles. The van der Waals surface area contributed by atoms with E-state index in [1.54, 1.807) is 23.1 Å². The molecule has 1 amide bonds. The van der Waals surface area contributed by atoms with Crippen molar-refractivity contribution in [1.29, 1.82) is 0 Å². The van der Waals surface area contributed by atoms with Crippen molar-refractivity contribution in [2.24, 2.45) is 5.41 Å². The lowest BCUT2D eigenvalue weighted by atomic mass is 9.85. The maximum Gasteiger partial charge on any atom is 0.258 e. The Bertz CT molecular complexity index is 1150. The smallest absolute Gasteiger partial charge is 0.258 e. The standard InChI is InChI=1S/C24H31N5O4S/c1-14-10-11-18(33-14)20(24(2,3)4)26-22-21(27-34-28-22)25-17-9-5-8-16(19(17)31)23(32)29-12-6-7-15(29)13-30/h5,8-11,15,20,30-31H,6-7,12-13H2,1-4H3,(H,25,27)(H,26,28)/t15-,20-/m0/s1. The molecule has 3 aromatic rings. The molecule has 1 saturated heterocycles. The molecule has 1 fully saturated rings. The zero-order chi connectivity index (χ0) is 24.5. The number of para-hydroxylation sites is 1. The summed E-state index contributed by atoms with van der Waals surface area (Å²) in [6, 6.07) is 8.46. The van der Waals surface area contributed by atoms with Crippen LogP contribution in [0, 0.1) is 12.3 Å². The number of anilines is 3. The van der Waals surface area contributed by atoms with E-state index in [-0.39, 0.29) is 41.3 Å². The van der Waals surface area contributed by atoms with Crippen LogP contribution in [0.1, 0.15) is 61.5 Å². The summed E-state index contributed by atoms with van der Waals surface area (Å²) in [6.07, 6.45) is 1.59. The average Bonchev–Trinajstić information content (AvgIpc) is 3.53. The van der Waals surface area contributed by atoms with Crippen LogP contribution < -0.4 is 10.6 Å². The van der Waals surface area contributed by atoms with E-state index in [0.717, 1.165) is 36.1 Å². The first-order valence-electron chi connectivity index (χ1n) is 11.3. The summed E-state index contributed by atoms with van der Waals surface area (Å²) in [5.41, 5.74) is 0.350. The van der Waals surface area contributed by atoms with E-state index in [9.17, 15) is 15.0 Å². The maximum atomic E-state index is 13.1. The molecular weight excluding hydrogens is 454 g/mol. The number of nitrogens with zero attached hydrogens (tertiary/aromatic N) is 3. The van der Waals surface area contributed by atoms with E-state index >= 15 is 0 Å². The van der Waals surface area contributed by atoms with E-state index < -0.39 is 0 Å². The summed E-state index contributed by atoms with van der Waals surface area (Å²) >= 11 is 1.04. The molecule has 10 heteroatoms. The molecule has 0 spiro atoms. The largest absolute Gasteiger partial charge is 0.505 e. The highest BCUT2D eigenvalue weighted by Gasteiger charge is 2.32. The summed E-state index contributed by atoms with van der Waals surface area (Å²) in [5.74, 6) is 2.13. The van der Waals surface area contributed by atoms with Crippen molar-refractivity contribution >= 4 is 35.0 Å². The minimum absolute atomic E-state index is 0.0892. The van der Waals surface area contributed by atoms with Crippen molar-refractivity contribution in [3.63, 3.8) is 0 Å². The molecule has 1 aliphatic rings. The van der Waals surface area contributed by atoms with Gasteiger partial charge >= 0.3 is 0 Å². The van der Waals surface area contributed by atoms with Crippen LogP contribution in [0.2, 0.25) is 0 Å². The molecule has 3 heterocycles. The Labute approximate surface area is 203 Å². The van der Waals surface area contributed by atoms with Gasteiger partial charge in [-0.25, -0.2) is 0 Å². The van der Waals surface area contributed by atoms with Crippen molar-refractivity contribution in [2.45, 2.75) is 52.6 Å². The van der Waals surface area contributed by atoms with Crippen LogP contribution >= 0.6 is 11.7 Å². The molecule has 1 aliphatic heterocycles. The highest BCUT2D eigenvalue weighted by atomic mass is 32.1. The zero-order valence-electron chi connectivity index (χ0n) is 19.8. The first kappa shape index (κ1) is 24.0. The summed E-state index contributed by atoms with van der Waals surface area (Å²) in [5, 5.41) is 27.0. The van der Waals surface area contributed by atoms with E-state index in [2.05, 4.69) is 40.2 Å². The minimum atomic E-state index is -0.298. The third-order valence-electron chi connectivity index (χ3n) is 6.05. The summed E-state index contributed by atoms with van der Waals surface area (Å²) in [7, 11) is 0. The number of phenols is 1. The van der Waals surface area contributed by atoms with Crippen molar-refractivity contribution in [1.82, 2.24) is 13.6 Å².